The van der Waals surface area contributed by atoms with Crippen LogP contribution in [0.25, 0.3) is 0 Å². The van der Waals surface area contributed by atoms with Gasteiger partial charge in [-0.15, -0.1) is 0 Å². The van der Waals surface area contributed by atoms with Gasteiger partial charge in [0.05, 0.1) is 13.4 Å². The van der Waals surface area contributed by atoms with Crippen molar-refractivity contribution in [3.63, 3.8) is 0 Å². The van der Waals surface area contributed by atoms with Gasteiger partial charge in [-0.25, -0.2) is 0 Å². The zero-order chi connectivity index (χ0) is 19.3. The molecule has 0 saturated carbocycles. The maximum atomic E-state index is 5.94. The molecule has 0 fully saturated rings. The first-order chi connectivity index (χ1) is 13.7. The van der Waals surface area contributed by atoms with Gasteiger partial charge >= 0.3 is 0 Å². The first kappa shape index (κ1) is 18.9. The van der Waals surface area contributed by atoms with E-state index in [1.165, 1.54) is 5.56 Å². The fraction of sp³-hybridized carbons (Fsp3) is 0.304. The minimum Gasteiger partial charge on any atom is -0.493 e. The Balaban J connectivity index is 1.39. The van der Waals surface area contributed by atoms with Crippen molar-refractivity contribution in [2.75, 3.05) is 7.11 Å². The lowest BCUT2D eigenvalue weighted by Crippen LogP contribution is -2.24. The van der Waals surface area contributed by atoms with E-state index in [2.05, 4.69) is 17.4 Å². The third-order valence-corrected chi connectivity index (χ3v) is 5.39. The van der Waals surface area contributed by atoms with Gasteiger partial charge in [0.15, 0.2) is 11.5 Å². The number of hydrogen-bond acceptors (Lipinski definition) is 4. The van der Waals surface area contributed by atoms with E-state index in [1.54, 1.807) is 13.4 Å². The van der Waals surface area contributed by atoms with Crippen LogP contribution in [0.2, 0.25) is 5.02 Å². The molecule has 146 valence electrons. The van der Waals surface area contributed by atoms with Gasteiger partial charge in [0.1, 0.15) is 12.4 Å². The second-order valence-corrected chi connectivity index (χ2v) is 7.46. The highest BCUT2D eigenvalue weighted by Gasteiger charge is 2.22. The SMILES string of the molecule is COc1cc(CNC2CCCc3occc32)ccc1OCc1ccc(Cl)cc1. The molecule has 0 radical (unpaired) electrons. The van der Waals surface area contributed by atoms with Crippen molar-refractivity contribution < 1.29 is 13.9 Å². The zero-order valence-electron chi connectivity index (χ0n) is 15.9. The Bertz CT molecular complexity index is 920. The van der Waals surface area contributed by atoms with Gasteiger partial charge in [-0.1, -0.05) is 29.8 Å². The summed E-state index contributed by atoms with van der Waals surface area (Å²) < 4.78 is 17.1. The van der Waals surface area contributed by atoms with E-state index in [0.717, 1.165) is 59.2 Å². The van der Waals surface area contributed by atoms with E-state index in [9.17, 15) is 0 Å². The van der Waals surface area contributed by atoms with E-state index < -0.39 is 0 Å². The van der Waals surface area contributed by atoms with Crippen molar-refractivity contribution in [1.29, 1.82) is 0 Å². The van der Waals surface area contributed by atoms with Gasteiger partial charge in [0.25, 0.3) is 0 Å². The van der Waals surface area contributed by atoms with Crippen molar-refractivity contribution in [1.82, 2.24) is 5.32 Å². The molecule has 1 N–H and O–H groups in total. The minimum absolute atomic E-state index is 0.342. The van der Waals surface area contributed by atoms with Crippen molar-refractivity contribution in [3.8, 4) is 11.5 Å². The Morgan fingerprint density at radius 3 is 2.71 bits per heavy atom. The summed E-state index contributed by atoms with van der Waals surface area (Å²) in [7, 11) is 1.67. The molecule has 0 bridgehead atoms. The molecule has 4 rings (SSSR count). The van der Waals surface area contributed by atoms with Gasteiger partial charge in [-0.3, -0.25) is 0 Å². The summed E-state index contributed by atoms with van der Waals surface area (Å²) in [5.41, 5.74) is 3.51. The van der Waals surface area contributed by atoms with Gasteiger partial charge in [-0.2, -0.15) is 0 Å². The monoisotopic (exact) mass is 397 g/mol. The number of hydrogen-bond donors (Lipinski definition) is 1. The van der Waals surface area contributed by atoms with Crippen LogP contribution in [0, 0.1) is 0 Å². The molecular weight excluding hydrogens is 374 g/mol. The van der Waals surface area contributed by atoms with Crippen molar-refractivity contribution in [2.24, 2.45) is 0 Å². The van der Waals surface area contributed by atoms with Crippen LogP contribution >= 0.6 is 11.6 Å². The highest BCUT2D eigenvalue weighted by atomic mass is 35.5. The molecule has 5 heteroatoms. The topological polar surface area (TPSA) is 43.6 Å². The number of fused-ring (bicyclic) bond motifs is 1. The molecule has 2 aromatic carbocycles. The van der Waals surface area contributed by atoms with Crippen LogP contribution in [0.1, 0.15) is 41.3 Å². The minimum atomic E-state index is 0.342. The molecule has 1 aliphatic rings. The molecule has 0 amide bonds. The van der Waals surface area contributed by atoms with E-state index in [-0.39, 0.29) is 0 Å². The van der Waals surface area contributed by atoms with Crippen molar-refractivity contribution in [3.05, 3.63) is 82.3 Å². The Morgan fingerprint density at radius 2 is 1.89 bits per heavy atom. The molecule has 1 aliphatic carbocycles. The van der Waals surface area contributed by atoms with Crippen molar-refractivity contribution >= 4 is 11.6 Å². The Kier molecular flexibility index (Phi) is 5.89. The molecule has 1 atom stereocenters. The normalized spacial score (nSPS) is 15.9. The number of rotatable bonds is 7. The lowest BCUT2D eigenvalue weighted by Gasteiger charge is -2.23. The molecule has 1 heterocycles. The molecule has 4 nitrogen and oxygen atoms in total. The predicted molar refractivity (Wildman–Crippen MR) is 110 cm³/mol. The van der Waals surface area contributed by atoms with Crippen molar-refractivity contribution in [2.45, 2.75) is 38.5 Å². The Hall–Kier alpha value is -2.43. The van der Waals surface area contributed by atoms with Crippen LogP contribution in [0.3, 0.4) is 0 Å². The third kappa shape index (κ3) is 4.34. The number of nitrogens with one attached hydrogen (secondary N) is 1. The van der Waals surface area contributed by atoms with E-state index >= 15 is 0 Å². The summed E-state index contributed by atoms with van der Waals surface area (Å²) in [6.07, 6.45) is 5.11. The molecular formula is C23H24ClNO3. The largest absolute Gasteiger partial charge is 0.493 e. The van der Waals surface area contributed by atoms with Crippen LogP contribution in [0.15, 0.2) is 59.2 Å². The average Bonchev–Trinajstić information content (AvgIpc) is 3.21. The number of methoxy groups -OCH3 is 1. The summed E-state index contributed by atoms with van der Waals surface area (Å²) in [6, 6.07) is 16.1. The number of halogens is 1. The van der Waals surface area contributed by atoms with Gasteiger partial charge in [0, 0.05) is 29.6 Å². The van der Waals surface area contributed by atoms with Gasteiger partial charge in [-0.05, 0) is 54.3 Å². The smallest absolute Gasteiger partial charge is 0.161 e. The summed E-state index contributed by atoms with van der Waals surface area (Å²) in [5.74, 6) is 2.59. The standard InChI is InChI=1S/C23H24ClNO3/c1-26-23-13-17(14-25-20-3-2-4-21-19(20)11-12-27-21)7-10-22(23)28-15-16-5-8-18(24)9-6-16/h5-13,20,25H,2-4,14-15H2,1H3. The van der Waals surface area contributed by atoms with Crippen LogP contribution < -0.4 is 14.8 Å². The summed E-state index contributed by atoms with van der Waals surface area (Å²) >= 11 is 5.93. The number of benzene rings is 2. The number of furan rings is 1. The predicted octanol–water partition coefficient (Wildman–Crippen LogP) is 5.69. The maximum Gasteiger partial charge on any atom is 0.161 e. The van der Waals surface area contributed by atoms with E-state index in [4.69, 9.17) is 25.5 Å². The second-order valence-electron chi connectivity index (χ2n) is 7.03. The maximum absolute atomic E-state index is 5.94. The highest BCUT2D eigenvalue weighted by Crippen LogP contribution is 2.32. The summed E-state index contributed by atoms with van der Waals surface area (Å²) in [5, 5.41) is 4.37. The lowest BCUT2D eigenvalue weighted by molar-refractivity contribution is 0.284. The second kappa shape index (κ2) is 8.72. The van der Waals surface area contributed by atoms with Gasteiger partial charge in [0.2, 0.25) is 0 Å². The number of aryl methyl sites for hydroxylation is 1. The van der Waals surface area contributed by atoms with E-state index in [0.29, 0.717) is 12.6 Å². The van der Waals surface area contributed by atoms with Crippen LogP contribution in [0.5, 0.6) is 11.5 Å². The third-order valence-electron chi connectivity index (χ3n) is 5.14. The quantitative estimate of drug-likeness (QED) is 0.556. The Morgan fingerprint density at radius 1 is 1.07 bits per heavy atom. The van der Waals surface area contributed by atoms with Crippen LogP contribution in [-0.4, -0.2) is 7.11 Å². The molecule has 0 saturated heterocycles. The molecule has 1 unspecified atom stereocenters. The Labute approximate surface area is 170 Å². The molecule has 1 aromatic heterocycles. The van der Waals surface area contributed by atoms with E-state index in [1.807, 2.05) is 36.4 Å². The summed E-state index contributed by atoms with van der Waals surface area (Å²) in [4.78, 5) is 0. The molecule has 3 aromatic rings. The zero-order valence-corrected chi connectivity index (χ0v) is 16.7. The molecule has 0 aliphatic heterocycles. The molecule has 0 spiro atoms. The lowest BCUT2D eigenvalue weighted by atomic mass is 9.93. The first-order valence-electron chi connectivity index (χ1n) is 9.57. The molecule has 28 heavy (non-hydrogen) atoms. The fourth-order valence-corrected chi connectivity index (χ4v) is 3.75. The summed E-state index contributed by atoms with van der Waals surface area (Å²) in [6.45, 7) is 1.24. The average molecular weight is 398 g/mol. The highest BCUT2D eigenvalue weighted by molar-refractivity contribution is 6.30. The first-order valence-corrected chi connectivity index (χ1v) is 9.94. The fourth-order valence-electron chi connectivity index (χ4n) is 3.62. The number of ether oxygens (including phenoxy) is 2. The van der Waals surface area contributed by atoms with Gasteiger partial charge < -0.3 is 19.2 Å². The van der Waals surface area contributed by atoms with Crippen LogP contribution in [-0.2, 0) is 19.6 Å². The van der Waals surface area contributed by atoms with Crippen LogP contribution in [0.4, 0.5) is 0 Å².